The molecule has 0 spiro atoms. The second-order valence-corrected chi connectivity index (χ2v) is 6.17. The number of rotatable bonds is 3. The predicted molar refractivity (Wildman–Crippen MR) is 75.1 cm³/mol. The molecule has 4 heteroatoms. The van der Waals surface area contributed by atoms with Gasteiger partial charge in [-0.15, -0.1) is 0 Å². The molecule has 2 N–H and O–H groups in total. The molecule has 0 saturated carbocycles. The van der Waals surface area contributed by atoms with E-state index in [1.165, 1.54) is 0 Å². The summed E-state index contributed by atoms with van der Waals surface area (Å²) in [4.78, 5) is 11.2. The van der Waals surface area contributed by atoms with Gasteiger partial charge in [-0.1, -0.05) is 0 Å². The van der Waals surface area contributed by atoms with Crippen molar-refractivity contribution in [1.82, 2.24) is 0 Å². The molecule has 0 heterocycles. The number of carboxylic acid groups (broad SMARTS) is 1. The van der Waals surface area contributed by atoms with Crippen LogP contribution in [0.15, 0.2) is 4.47 Å². The van der Waals surface area contributed by atoms with E-state index in [-0.39, 0.29) is 5.75 Å². The molecule has 1 rings (SSSR count). The Bertz CT molecular complexity index is 475. The Morgan fingerprint density at radius 2 is 1.67 bits per heavy atom. The molecule has 0 radical (unpaired) electrons. The topological polar surface area (TPSA) is 57.5 Å². The van der Waals surface area contributed by atoms with E-state index in [2.05, 4.69) is 15.9 Å². The second kappa shape index (κ2) is 4.92. The smallest absolute Gasteiger partial charge is 0.309 e. The number of aromatic hydroxyl groups is 1. The molecule has 0 bridgehead atoms. The third kappa shape index (κ3) is 2.53. The fourth-order valence-corrected chi connectivity index (χ4v) is 2.48. The lowest BCUT2D eigenvalue weighted by Gasteiger charge is -2.24. The highest BCUT2D eigenvalue weighted by molar-refractivity contribution is 9.10. The highest BCUT2D eigenvalue weighted by atomic mass is 79.9. The number of phenolic OH excluding ortho intramolecular Hbond substituents is 1. The van der Waals surface area contributed by atoms with Crippen molar-refractivity contribution < 1.29 is 15.0 Å². The molecule has 0 aliphatic rings. The summed E-state index contributed by atoms with van der Waals surface area (Å²) < 4.78 is 0.654. The summed E-state index contributed by atoms with van der Waals surface area (Å²) in [5, 5.41) is 19.2. The molecule has 0 saturated heterocycles. The third-order valence-corrected chi connectivity index (χ3v) is 4.53. The first kappa shape index (κ1) is 15.0. The number of hydrogen-bond acceptors (Lipinski definition) is 2. The van der Waals surface area contributed by atoms with Crippen LogP contribution in [0, 0.1) is 26.2 Å². The van der Waals surface area contributed by atoms with Gasteiger partial charge in [0.1, 0.15) is 5.75 Å². The summed E-state index contributed by atoms with van der Waals surface area (Å²) in [6.07, 6.45) is 0.444. The maximum absolute atomic E-state index is 11.2. The van der Waals surface area contributed by atoms with Gasteiger partial charge in [0.05, 0.1) is 9.89 Å². The zero-order chi connectivity index (χ0) is 14.2. The molecular weight excluding hydrogens is 296 g/mol. The molecule has 18 heavy (non-hydrogen) atoms. The normalized spacial score (nSPS) is 11.7. The van der Waals surface area contributed by atoms with Crippen LogP contribution in [0.3, 0.4) is 0 Å². The largest absolute Gasteiger partial charge is 0.506 e. The summed E-state index contributed by atoms with van der Waals surface area (Å²) >= 11 is 3.36. The van der Waals surface area contributed by atoms with Gasteiger partial charge in [-0.25, -0.2) is 0 Å². The highest BCUT2D eigenvalue weighted by Crippen LogP contribution is 2.38. The predicted octanol–water partition coefficient (Wildman–Crippen LogP) is 3.73. The van der Waals surface area contributed by atoms with Gasteiger partial charge in [0, 0.05) is 0 Å². The number of hydrogen-bond donors (Lipinski definition) is 2. The van der Waals surface area contributed by atoms with Crippen LogP contribution in [0.1, 0.15) is 36.1 Å². The van der Waals surface area contributed by atoms with Crippen molar-refractivity contribution in [2.75, 3.05) is 0 Å². The second-order valence-electron chi connectivity index (χ2n) is 5.38. The molecule has 0 aliphatic heterocycles. The Labute approximate surface area is 116 Å². The zero-order valence-electron chi connectivity index (χ0n) is 11.4. The number of aliphatic carboxylic acids is 1. The maximum atomic E-state index is 11.2. The lowest BCUT2D eigenvalue weighted by Crippen LogP contribution is -2.27. The summed E-state index contributed by atoms with van der Waals surface area (Å²) in [6, 6.07) is 0. The number of halogens is 1. The van der Waals surface area contributed by atoms with Crippen LogP contribution in [-0.4, -0.2) is 16.2 Å². The Morgan fingerprint density at radius 3 is 2.11 bits per heavy atom. The molecule has 0 amide bonds. The first-order chi connectivity index (χ1) is 8.09. The van der Waals surface area contributed by atoms with Crippen LogP contribution in [0.2, 0.25) is 0 Å². The van der Waals surface area contributed by atoms with E-state index in [9.17, 15) is 15.0 Å². The van der Waals surface area contributed by atoms with E-state index in [0.29, 0.717) is 10.9 Å². The van der Waals surface area contributed by atoms with Crippen molar-refractivity contribution in [2.45, 2.75) is 41.0 Å². The Kier molecular flexibility index (Phi) is 4.11. The average Bonchev–Trinajstić information content (AvgIpc) is 2.29. The minimum atomic E-state index is -0.821. The van der Waals surface area contributed by atoms with E-state index in [1.54, 1.807) is 13.8 Å². The van der Waals surface area contributed by atoms with Gasteiger partial charge in [0.25, 0.3) is 0 Å². The molecule has 0 aromatic heterocycles. The van der Waals surface area contributed by atoms with Crippen molar-refractivity contribution in [1.29, 1.82) is 0 Å². The van der Waals surface area contributed by atoms with Gasteiger partial charge in [0.15, 0.2) is 0 Å². The number of phenols is 1. The van der Waals surface area contributed by atoms with Crippen LogP contribution in [0.4, 0.5) is 0 Å². The van der Waals surface area contributed by atoms with Crippen LogP contribution >= 0.6 is 15.9 Å². The van der Waals surface area contributed by atoms with Gasteiger partial charge in [0.2, 0.25) is 0 Å². The molecule has 0 unspecified atom stereocenters. The monoisotopic (exact) mass is 314 g/mol. The van der Waals surface area contributed by atoms with Crippen molar-refractivity contribution in [2.24, 2.45) is 5.41 Å². The number of carboxylic acids is 1. The highest BCUT2D eigenvalue weighted by Gasteiger charge is 2.30. The van der Waals surface area contributed by atoms with Crippen LogP contribution in [-0.2, 0) is 11.2 Å². The van der Waals surface area contributed by atoms with Crippen LogP contribution in [0.25, 0.3) is 0 Å². The van der Waals surface area contributed by atoms with Gasteiger partial charge in [-0.05, 0) is 79.2 Å². The van der Waals surface area contributed by atoms with E-state index in [1.807, 2.05) is 20.8 Å². The standard InChI is InChI=1S/C14H19BrO3/c1-7-8(2)12(16)11(15)9(3)10(7)6-14(4,5)13(17)18/h16H,6H2,1-5H3,(H,17,18). The molecular formula is C14H19BrO3. The van der Waals surface area contributed by atoms with Crippen molar-refractivity contribution in [3.8, 4) is 5.75 Å². The van der Waals surface area contributed by atoms with E-state index in [0.717, 1.165) is 22.3 Å². The molecule has 0 fully saturated rings. The molecule has 100 valence electrons. The minimum absolute atomic E-state index is 0.238. The molecule has 1 aromatic carbocycles. The zero-order valence-corrected chi connectivity index (χ0v) is 13.0. The average molecular weight is 315 g/mol. The number of carbonyl (C=O) groups is 1. The lowest BCUT2D eigenvalue weighted by molar-refractivity contribution is -0.146. The van der Waals surface area contributed by atoms with E-state index < -0.39 is 11.4 Å². The Balaban J connectivity index is 3.39. The fourth-order valence-electron chi connectivity index (χ4n) is 1.94. The summed E-state index contributed by atoms with van der Waals surface area (Å²) in [5.74, 6) is -0.579. The number of benzene rings is 1. The maximum Gasteiger partial charge on any atom is 0.309 e. The Hall–Kier alpha value is -1.03. The molecule has 1 aromatic rings. The summed E-state index contributed by atoms with van der Waals surface area (Å²) in [6.45, 7) is 9.08. The first-order valence-corrected chi connectivity index (χ1v) is 6.59. The third-order valence-electron chi connectivity index (χ3n) is 3.56. The first-order valence-electron chi connectivity index (χ1n) is 5.80. The molecule has 3 nitrogen and oxygen atoms in total. The van der Waals surface area contributed by atoms with Crippen LogP contribution < -0.4 is 0 Å². The molecule has 0 aliphatic carbocycles. The van der Waals surface area contributed by atoms with Crippen molar-refractivity contribution in [3.63, 3.8) is 0 Å². The Morgan fingerprint density at radius 1 is 1.17 bits per heavy atom. The SMILES string of the molecule is Cc1c(C)c(CC(C)(C)C(=O)O)c(C)c(Br)c1O. The quantitative estimate of drug-likeness (QED) is 0.893. The lowest BCUT2D eigenvalue weighted by atomic mass is 9.82. The minimum Gasteiger partial charge on any atom is -0.506 e. The van der Waals surface area contributed by atoms with Gasteiger partial charge >= 0.3 is 5.97 Å². The molecule has 0 atom stereocenters. The van der Waals surface area contributed by atoms with E-state index in [4.69, 9.17) is 0 Å². The van der Waals surface area contributed by atoms with Gasteiger partial charge in [-0.3, -0.25) is 4.79 Å². The fraction of sp³-hybridized carbons (Fsp3) is 0.500. The van der Waals surface area contributed by atoms with Crippen molar-refractivity contribution in [3.05, 3.63) is 26.7 Å². The summed E-state index contributed by atoms with van der Waals surface area (Å²) in [5.41, 5.74) is 2.83. The van der Waals surface area contributed by atoms with Crippen LogP contribution in [0.5, 0.6) is 5.75 Å². The van der Waals surface area contributed by atoms with E-state index >= 15 is 0 Å². The van der Waals surface area contributed by atoms with Gasteiger partial charge < -0.3 is 10.2 Å². The van der Waals surface area contributed by atoms with Crippen molar-refractivity contribution >= 4 is 21.9 Å². The summed E-state index contributed by atoms with van der Waals surface area (Å²) in [7, 11) is 0. The van der Waals surface area contributed by atoms with Gasteiger partial charge in [-0.2, -0.15) is 0 Å².